The maximum atomic E-state index is 5.86. The number of hydrogen-bond acceptors (Lipinski definition) is 2. The normalized spacial score (nSPS) is 26.2. The highest BCUT2D eigenvalue weighted by Crippen LogP contribution is 2.38. The average Bonchev–Trinajstić information content (AvgIpc) is 2.85. The molecule has 0 spiro atoms. The van der Waals surface area contributed by atoms with E-state index in [0.29, 0.717) is 0 Å². The molecule has 0 N–H and O–H groups in total. The largest absolute Gasteiger partial charge is 0.492 e. The van der Waals surface area contributed by atoms with Crippen molar-refractivity contribution < 1.29 is 4.74 Å². The van der Waals surface area contributed by atoms with Crippen LogP contribution in [-0.4, -0.2) is 11.6 Å². The number of aryl methyl sites for hydroxylation is 1. The molecule has 32 heavy (non-hydrogen) atoms. The molecule has 1 heterocycles. The van der Waals surface area contributed by atoms with Gasteiger partial charge in [0.2, 0.25) is 0 Å². The van der Waals surface area contributed by atoms with Crippen LogP contribution < -0.4 is 4.74 Å². The zero-order valence-electron chi connectivity index (χ0n) is 21.3. The van der Waals surface area contributed by atoms with Crippen molar-refractivity contribution in [3.8, 4) is 5.75 Å². The van der Waals surface area contributed by atoms with Gasteiger partial charge in [-0.3, -0.25) is 4.98 Å². The van der Waals surface area contributed by atoms with Crippen LogP contribution in [0.2, 0.25) is 0 Å². The van der Waals surface area contributed by atoms with E-state index in [0.717, 1.165) is 48.9 Å². The Labute approximate surface area is 199 Å². The third-order valence-electron chi connectivity index (χ3n) is 8.62. The van der Waals surface area contributed by atoms with Gasteiger partial charge in [0.1, 0.15) is 5.75 Å². The molecule has 1 aromatic rings. The molecule has 2 aliphatic carbocycles. The lowest BCUT2D eigenvalue weighted by Gasteiger charge is -2.31. The Bertz CT molecular complexity index is 581. The van der Waals surface area contributed by atoms with Gasteiger partial charge in [-0.2, -0.15) is 0 Å². The molecule has 0 aliphatic heterocycles. The van der Waals surface area contributed by atoms with Gasteiger partial charge in [-0.25, -0.2) is 0 Å². The molecule has 2 aliphatic rings. The molecular weight excluding hydrogens is 390 g/mol. The van der Waals surface area contributed by atoms with Crippen LogP contribution in [0.1, 0.15) is 129 Å². The van der Waals surface area contributed by atoms with Crippen molar-refractivity contribution in [3.05, 3.63) is 24.0 Å². The summed E-state index contributed by atoms with van der Waals surface area (Å²) < 4.78 is 5.86. The first-order valence-corrected chi connectivity index (χ1v) is 14.3. The third-order valence-corrected chi connectivity index (χ3v) is 8.62. The van der Waals surface area contributed by atoms with Crippen LogP contribution in [-0.2, 0) is 6.42 Å². The molecule has 0 radical (unpaired) electrons. The third kappa shape index (κ3) is 9.44. The van der Waals surface area contributed by atoms with Crippen LogP contribution in [0.25, 0.3) is 0 Å². The fourth-order valence-corrected chi connectivity index (χ4v) is 6.10. The monoisotopic (exact) mass is 441 g/mol. The number of pyridine rings is 1. The summed E-state index contributed by atoms with van der Waals surface area (Å²) in [6.45, 7) is 5.46. The van der Waals surface area contributed by atoms with Gasteiger partial charge in [-0.15, -0.1) is 0 Å². The van der Waals surface area contributed by atoms with E-state index in [1.807, 2.05) is 6.20 Å². The molecule has 2 nitrogen and oxygen atoms in total. The van der Waals surface area contributed by atoms with Gasteiger partial charge in [0.05, 0.1) is 12.8 Å². The van der Waals surface area contributed by atoms with Crippen molar-refractivity contribution in [3.63, 3.8) is 0 Å². The molecule has 2 heteroatoms. The summed E-state index contributed by atoms with van der Waals surface area (Å²) in [7, 11) is 0. The topological polar surface area (TPSA) is 22.1 Å². The van der Waals surface area contributed by atoms with Crippen LogP contribution in [0.3, 0.4) is 0 Å². The van der Waals surface area contributed by atoms with Crippen LogP contribution in [0.4, 0.5) is 0 Å². The molecule has 0 bridgehead atoms. The fraction of sp³-hybridized carbons (Fsp3) is 0.833. The quantitative estimate of drug-likeness (QED) is 0.268. The van der Waals surface area contributed by atoms with Gasteiger partial charge in [0.15, 0.2) is 0 Å². The highest BCUT2D eigenvalue weighted by Gasteiger charge is 2.24. The SMILES string of the molecule is CCCCCCCOc1ccc(CCC2CCC(CCC3CCC(CC)CC3)CC2)nc1. The highest BCUT2D eigenvalue weighted by molar-refractivity contribution is 5.19. The highest BCUT2D eigenvalue weighted by atomic mass is 16.5. The van der Waals surface area contributed by atoms with Gasteiger partial charge in [0.25, 0.3) is 0 Å². The first-order valence-electron chi connectivity index (χ1n) is 14.3. The Morgan fingerprint density at radius 2 is 1.31 bits per heavy atom. The van der Waals surface area contributed by atoms with E-state index >= 15 is 0 Å². The van der Waals surface area contributed by atoms with E-state index < -0.39 is 0 Å². The van der Waals surface area contributed by atoms with Crippen molar-refractivity contribution in [1.29, 1.82) is 0 Å². The van der Waals surface area contributed by atoms with Crippen molar-refractivity contribution in [2.75, 3.05) is 6.61 Å². The second-order valence-corrected chi connectivity index (χ2v) is 11.0. The lowest BCUT2D eigenvalue weighted by atomic mass is 9.74. The molecule has 2 fully saturated rings. The average molecular weight is 442 g/mol. The summed E-state index contributed by atoms with van der Waals surface area (Å²) in [4.78, 5) is 4.67. The van der Waals surface area contributed by atoms with Crippen molar-refractivity contribution in [2.45, 2.75) is 129 Å². The summed E-state index contributed by atoms with van der Waals surface area (Å²) in [5.74, 6) is 4.97. The van der Waals surface area contributed by atoms with Crippen LogP contribution >= 0.6 is 0 Å². The van der Waals surface area contributed by atoms with E-state index in [-0.39, 0.29) is 0 Å². The maximum Gasteiger partial charge on any atom is 0.137 e. The lowest BCUT2D eigenvalue weighted by Crippen LogP contribution is -2.18. The molecule has 0 unspecified atom stereocenters. The van der Waals surface area contributed by atoms with Gasteiger partial charge >= 0.3 is 0 Å². The molecule has 0 aromatic carbocycles. The summed E-state index contributed by atoms with van der Waals surface area (Å²) in [6, 6.07) is 4.31. The Morgan fingerprint density at radius 1 is 0.719 bits per heavy atom. The Balaban J connectivity index is 1.23. The smallest absolute Gasteiger partial charge is 0.137 e. The predicted molar refractivity (Wildman–Crippen MR) is 137 cm³/mol. The molecule has 0 atom stereocenters. The second-order valence-electron chi connectivity index (χ2n) is 11.0. The second kappa shape index (κ2) is 15.0. The van der Waals surface area contributed by atoms with Crippen LogP contribution in [0.15, 0.2) is 18.3 Å². The first-order chi connectivity index (χ1) is 15.8. The number of aromatic nitrogens is 1. The summed E-state index contributed by atoms with van der Waals surface area (Å²) in [5.41, 5.74) is 1.24. The van der Waals surface area contributed by atoms with Gasteiger partial charge in [-0.1, -0.05) is 110 Å². The fourth-order valence-electron chi connectivity index (χ4n) is 6.10. The van der Waals surface area contributed by atoms with E-state index in [4.69, 9.17) is 4.74 Å². The molecule has 0 saturated heterocycles. The molecule has 3 rings (SSSR count). The lowest BCUT2D eigenvalue weighted by molar-refractivity contribution is 0.211. The van der Waals surface area contributed by atoms with Crippen LogP contribution in [0, 0.1) is 23.7 Å². The number of nitrogens with zero attached hydrogens (tertiary/aromatic N) is 1. The van der Waals surface area contributed by atoms with E-state index in [2.05, 4.69) is 31.0 Å². The Morgan fingerprint density at radius 3 is 1.88 bits per heavy atom. The number of hydrogen-bond donors (Lipinski definition) is 0. The zero-order chi connectivity index (χ0) is 22.4. The van der Waals surface area contributed by atoms with Crippen molar-refractivity contribution in [1.82, 2.24) is 4.98 Å². The van der Waals surface area contributed by atoms with Gasteiger partial charge in [-0.05, 0) is 55.1 Å². The Hall–Kier alpha value is -1.05. The summed E-state index contributed by atoms with van der Waals surface area (Å²) >= 11 is 0. The Kier molecular flexibility index (Phi) is 12.0. The van der Waals surface area contributed by atoms with Crippen molar-refractivity contribution in [2.24, 2.45) is 23.7 Å². The van der Waals surface area contributed by atoms with Gasteiger partial charge < -0.3 is 4.74 Å². The van der Waals surface area contributed by atoms with E-state index in [1.165, 1.54) is 108 Å². The number of ether oxygens (including phenoxy) is 1. The molecule has 2 saturated carbocycles. The maximum absolute atomic E-state index is 5.86. The minimum Gasteiger partial charge on any atom is -0.492 e. The number of unbranched alkanes of at least 4 members (excludes halogenated alkanes) is 4. The van der Waals surface area contributed by atoms with Crippen molar-refractivity contribution >= 4 is 0 Å². The summed E-state index contributed by atoms with van der Waals surface area (Å²) in [6.07, 6.45) is 27.1. The summed E-state index contributed by atoms with van der Waals surface area (Å²) in [5, 5.41) is 0. The van der Waals surface area contributed by atoms with E-state index in [1.54, 1.807) is 0 Å². The minimum atomic E-state index is 0.827. The molecule has 1 aromatic heterocycles. The number of rotatable bonds is 14. The van der Waals surface area contributed by atoms with Gasteiger partial charge in [0, 0.05) is 5.69 Å². The molecule has 0 amide bonds. The van der Waals surface area contributed by atoms with Crippen LogP contribution in [0.5, 0.6) is 5.75 Å². The standard InChI is InChI=1S/C30H51NO/c1-3-5-6-7-8-23-32-30-22-21-29(31-24-30)20-19-28-17-15-27(16-18-28)14-13-26-11-9-25(4-2)10-12-26/h21-22,24-28H,3-20,23H2,1-2H3. The minimum absolute atomic E-state index is 0.827. The predicted octanol–water partition coefficient (Wildman–Crippen LogP) is 9.17. The zero-order valence-corrected chi connectivity index (χ0v) is 21.3. The van der Waals surface area contributed by atoms with E-state index in [9.17, 15) is 0 Å². The first kappa shape index (κ1) is 25.6. The molecule has 182 valence electrons. The molecular formula is C30H51NO.